The summed E-state index contributed by atoms with van der Waals surface area (Å²) in [7, 11) is 0. The normalized spacial score (nSPS) is 13.7. The maximum Gasteiger partial charge on any atom is 0.383 e. The van der Waals surface area contributed by atoms with Gasteiger partial charge in [0.05, 0.1) is 0 Å². The van der Waals surface area contributed by atoms with Gasteiger partial charge < -0.3 is 5.11 Å². The van der Waals surface area contributed by atoms with E-state index in [4.69, 9.17) is 5.11 Å². The topological polar surface area (TPSA) is 57.2 Å². The van der Waals surface area contributed by atoms with E-state index in [2.05, 4.69) is 0 Å². The molecule has 0 aromatic carbocycles. The monoisotopic (exact) mass is 89.0 g/mol. The standard InChI is InChI=1S/C3H5O3/c1-2(4)3(5)6/h2,4H,1H3/t2-/m0/s1. The van der Waals surface area contributed by atoms with Crippen molar-refractivity contribution in [3.63, 3.8) is 0 Å². The van der Waals surface area contributed by atoms with E-state index in [1.807, 2.05) is 0 Å². The zero-order chi connectivity index (χ0) is 5.15. The molecule has 0 rings (SSSR count). The van der Waals surface area contributed by atoms with Crippen LogP contribution in [-0.2, 0) is 9.90 Å². The molecule has 0 aliphatic carbocycles. The lowest BCUT2D eigenvalue weighted by Crippen LogP contribution is -2.12. The van der Waals surface area contributed by atoms with Gasteiger partial charge in [0.1, 0.15) is 0 Å². The van der Waals surface area contributed by atoms with Gasteiger partial charge in [-0.05, 0) is 6.92 Å². The maximum atomic E-state index is 9.34. The first-order valence-corrected chi connectivity index (χ1v) is 1.53. The fraction of sp³-hybridized carbons (Fsp3) is 0.667. The molecule has 3 nitrogen and oxygen atoms in total. The van der Waals surface area contributed by atoms with Gasteiger partial charge in [-0.25, -0.2) is 9.90 Å². The van der Waals surface area contributed by atoms with Crippen LogP contribution >= 0.6 is 0 Å². The van der Waals surface area contributed by atoms with Gasteiger partial charge in [-0.3, -0.25) is 0 Å². The van der Waals surface area contributed by atoms with Gasteiger partial charge >= 0.3 is 5.97 Å². The molecule has 35 valence electrons. The molecular formula is C3H5O3. The SMILES string of the molecule is C[C@H](O)C([O])=O. The number of aliphatic hydroxyl groups excluding tert-OH is 1. The second kappa shape index (κ2) is 1.77. The lowest BCUT2D eigenvalue weighted by molar-refractivity contribution is -0.152. The van der Waals surface area contributed by atoms with Gasteiger partial charge in [-0.2, -0.15) is 0 Å². The molecule has 0 aromatic heterocycles. The fourth-order valence-electron chi connectivity index (χ4n) is 0. The summed E-state index contributed by atoms with van der Waals surface area (Å²) < 4.78 is 0. The summed E-state index contributed by atoms with van der Waals surface area (Å²) in [6.45, 7) is 1.13. The third kappa shape index (κ3) is 1.72. The van der Waals surface area contributed by atoms with Crippen molar-refractivity contribution in [2.24, 2.45) is 0 Å². The van der Waals surface area contributed by atoms with Gasteiger partial charge in [0.15, 0.2) is 6.10 Å². The van der Waals surface area contributed by atoms with Crippen molar-refractivity contribution in [3.05, 3.63) is 0 Å². The third-order valence-corrected chi connectivity index (χ3v) is 0.341. The van der Waals surface area contributed by atoms with Crippen molar-refractivity contribution in [2.45, 2.75) is 13.0 Å². The first kappa shape index (κ1) is 5.43. The Hall–Kier alpha value is -0.570. The van der Waals surface area contributed by atoms with E-state index < -0.39 is 12.1 Å². The van der Waals surface area contributed by atoms with E-state index >= 15 is 0 Å². The fourth-order valence-corrected chi connectivity index (χ4v) is 0. The molecule has 0 bridgehead atoms. The van der Waals surface area contributed by atoms with Gasteiger partial charge in [0, 0.05) is 0 Å². The Kier molecular flexibility index (Phi) is 1.60. The molecule has 0 amide bonds. The van der Waals surface area contributed by atoms with Crippen molar-refractivity contribution in [1.82, 2.24) is 0 Å². The summed E-state index contributed by atoms with van der Waals surface area (Å²) in [5.41, 5.74) is 0. The molecule has 0 spiro atoms. The van der Waals surface area contributed by atoms with Crippen molar-refractivity contribution in [2.75, 3.05) is 0 Å². The zero-order valence-corrected chi connectivity index (χ0v) is 3.34. The molecular weight excluding hydrogens is 84.0 g/mol. The van der Waals surface area contributed by atoms with Crippen LogP contribution in [-0.4, -0.2) is 17.2 Å². The average Bonchev–Trinajstić information content (AvgIpc) is 1.36. The van der Waals surface area contributed by atoms with Gasteiger partial charge in [-0.1, -0.05) is 0 Å². The second-order valence-corrected chi connectivity index (χ2v) is 0.995. The number of carbonyl (C=O) groups is 1. The van der Waals surface area contributed by atoms with E-state index in [9.17, 15) is 9.90 Å². The largest absolute Gasteiger partial charge is 0.383 e. The first-order chi connectivity index (χ1) is 2.64. The number of rotatable bonds is 1. The van der Waals surface area contributed by atoms with E-state index in [0.29, 0.717) is 0 Å². The molecule has 3 heteroatoms. The van der Waals surface area contributed by atoms with E-state index in [0.717, 1.165) is 6.92 Å². The number of hydrogen-bond acceptors (Lipinski definition) is 2. The lowest BCUT2D eigenvalue weighted by atomic mass is 10.4. The smallest absolute Gasteiger partial charge is 0.382 e. The maximum absolute atomic E-state index is 9.34. The van der Waals surface area contributed by atoms with Crippen molar-refractivity contribution in [3.8, 4) is 0 Å². The summed E-state index contributed by atoms with van der Waals surface area (Å²) in [6.07, 6.45) is -1.34. The van der Waals surface area contributed by atoms with Crippen LogP contribution in [0, 0.1) is 0 Å². The van der Waals surface area contributed by atoms with Crippen LogP contribution in [0.4, 0.5) is 0 Å². The number of hydrogen-bond donors (Lipinski definition) is 1. The zero-order valence-electron chi connectivity index (χ0n) is 3.34. The third-order valence-electron chi connectivity index (χ3n) is 0.341. The summed E-state index contributed by atoms with van der Waals surface area (Å²) >= 11 is 0. The quantitative estimate of drug-likeness (QED) is 0.463. The Morgan fingerprint density at radius 2 is 2.00 bits per heavy atom. The number of aliphatic hydroxyl groups is 1. The van der Waals surface area contributed by atoms with Crippen molar-refractivity contribution in [1.29, 1.82) is 0 Å². The summed E-state index contributed by atoms with van der Waals surface area (Å²) in [5.74, 6) is -1.44. The van der Waals surface area contributed by atoms with E-state index in [1.54, 1.807) is 0 Å². The van der Waals surface area contributed by atoms with Crippen molar-refractivity contribution < 1.29 is 15.0 Å². The Morgan fingerprint density at radius 1 is 1.83 bits per heavy atom. The molecule has 0 aliphatic heterocycles. The van der Waals surface area contributed by atoms with Gasteiger partial charge in [0.2, 0.25) is 0 Å². The summed E-state index contributed by atoms with van der Waals surface area (Å²) in [4.78, 5) is 9.34. The Balaban J connectivity index is 3.26. The minimum atomic E-state index is -1.44. The minimum absolute atomic E-state index is 1.13. The first-order valence-electron chi connectivity index (χ1n) is 1.53. The highest BCUT2D eigenvalue weighted by atomic mass is 16.4. The molecule has 0 heterocycles. The Bertz CT molecular complexity index is 57.1. The predicted octanol–water partition coefficient (Wildman–Crippen LogP) is -0.676. The van der Waals surface area contributed by atoms with Crippen LogP contribution in [0.5, 0.6) is 0 Å². The van der Waals surface area contributed by atoms with Crippen LogP contribution in [0.1, 0.15) is 6.92 Å². The molecule has 0 saturated carbocycles. The van der Waals surface area contributed by atoms with Crippen LogP contribution in [0.25, 0.3) is 0 Å². The number of carbonyl (C=O) groups excluding carboxylic acids is 1. The molecule has 0 saturated heterocycles. The minimum Gasteiger partial charge on any atom is -0.382 e. The average molecular weight is 89.1 g/mol. The van der Waals surface area contributed by atoms with Crippen LogP contribution < -0.4 is 0 Å². The van der Waals surface area contributed by atoms with Gasteiger partial charge in [0.25, 0.3) is 0 Å². The highest BCUT2D eigenvalue weighted by Crippen LogP contribution is 1.74. The molecule has 0 aromatic rings. The molecule has 0 fully saturated rings. The predicted molar refractivity (Wildman–Crippen MR) is 17.4 cm³/mol. The molecule has 0 unspecified atom stereocenters. The van der Waals surface area contributed by atoms with Gasteiger partial charge in [-0.15, -0.1) is 0 Å². The summed E-state index contributed by atoms with van der Waals surface area (Å²) in [5, 5.41) is 17.3. The molecule has 1 radical (unpaired) electrons. The highest BCUT2D eigenvalue weighted by molar-refractivity contribution is 5.70. The summed E-state index contributed by atoms with van der Waals surface area (Å²) in [6, 6.07) is 0. The van der Waals surface area contributed by atoms with Crippen molar-refractivity contribution >= 4 is 5.97 Å². The molecule has 1 N–H and O–H groups in total. The second-order valence-electron chi connectivity index (χ2n) is 0.995. The van der Waals surface area contributed by atoms with Crippen LogP contribution in [0.15, 0.2) is 0 Å². The van der Waals surface area contributed by atoms with E-state index in [1.165, 1.54) is 0 Å². The highest BCUT2D eigenvalue weighted by Gasteiger charge is 2.05. The van der Waals surface area contributed by atoms with Crippen LogP contribution in [0.2, 0.25) is 0 Å². The van der Waals surface area contributed by atoms with E-state index in [-0.39, 0.29) is 0 Å². The van der Waals surface area contributed by atoms with Crippen LogP contribution in [0.3, 0.4) is 0 Å². The molecule has 0 aliphatic rings. The Morgan fingerprint density at radius 3 is 2.00 bits per heavy atom. The molecule has 6 heavy (non-hydrogen) atoms. The molecule has 1 atom stereocenters. The lowest BCUT2D eigenvalue weighted by Gasteiger charge is -1.85. The Labute approximate surface area is 35.2 Å².